The molecule has 9 nitrogen and oxygen atoms in total. The molecule has 0 aromatic heterocycles. The maximum Gasteiger partial charge on any atom is 0.323 e. The number of rotatable bonds is 16. The first kappa shape index (κ1) is 32.1. The summed E-state index contributed by atoms with van der Waals surface area (Å²) in [5.74, 6) is -2.27. The summed E-state index contributed by atoms with van der Waals surface area (Å²) in [6, 6.07) is 3.74. The second-order valence-corrected chi connectivity index (χ2v) is 9.49. The number of carbonyl (C=O) groups excluding carboxylic acids is 4. The standard InChI is InChI=1S/C28H43NO8/c1-7-10-18(4)26(31)36-23-14-13-21(16-24(23)37-27(32)19(5)11-8-2)15-22(29)28(33)34-17-20(6)35-25(30)12-9-3/h13-14,16,18-20,22H,7-12,15,17,29H2,1-6H3/t18?,19?,20-,22-/m0/s1. The first-order valence-electron chi connectivity index (χ1n) is 13.2. The van der Waals surface area contributed by atoms with Crippen LogP contribution in [0, 0.1) is 11.8 Å². The molecule has 1 aromatic carbocycles. The van der Waals surface area contributed by atoms with Gasteiger partial charge in [-0.3, -0.25) is 19.2 Å². The smallest absolute Gasteiger partial charge is 0.323 e. The molecule has 9 heteroatoms. The van der Waals surface area contributed by atoms with E-state index in [1.54, 1.807) is 32.9 Å². The number of esters is 4. The Kier molecular flexibility index (Phi) is 14.5. The minimum atomic E-state index is -1.00. The fraction of sp³-hybridized carbons (Fsp3) is 0.643. The zero-order chi connectivity index (χ0) is 28.0. The zero-order valence-electron chi connectivity index (χ0n) is 23.0. The zero-order valence-corrected chi connectivity index (χ0v) is 23.0. The molecule has 0 aliphatic rings. The lowest BCUT2D eigenvalue weighted by Gasteiger charge is -2.18. The summed E-state index contributed by atoms with van der Waals surface area (Å²) < 4.78 is 21.5. The van der Waals surface area contributed by atoms with Crippen LogP contribution in [0.1, 0.15) is 85.6 Å². The molecule has 0 saturated carbocycles. The molecule has 0 fully saturated rings. The van der Waals surface area contributed by atoms with Gasteiger partial charge in [0.1, 0.15) is 18.8 Å². The Morgan fingerprint density at radius 1 is 0.811 bits per heavy atom. The van der Waals surface area contributed by atoms with Gasteiger partial charge in [-0.15, -0.1) is 0 Å². The molecule has 0 saturated heterocycles. The number of hydrogen-bond acceptors (Lipinski definition) is 9. The summed E-state index contributed by atoms with van der Waals surface area (Å²) in [7, 11) is 0. The number of benzene rings is 1. The lowest BCUT2D eigenvalue weighted by molar-refractivity contribution is -0.158. The Morgan fingerprint density at radius 3 is 1.92 bits per heavy atom. The van der Waals surface area contributed by atoms with Crippen molar-refractivity contribution in [3.63, 3.8) is 0 Å². The molecule has 2 N–H and O–H groups in total. The van der Waals surface area contributed by atoms with Crippen molar-refractivity contribution < 1.29 is 38.1 Å². The molecule has 0 amide bonds. The largest absolute Gasteiger partial charge is 0.461 e. The number of carbonyl (C=O) groups is 4. The number of ether oxygens (including phenoxy) is 4. The molecule has 0 bridgehead atoms. The predicted octanol–water partition coefficient (Wildman–Crippen LogP) is 4.51. The molecule has 0 heterocycles. The summed E-state index contributed by atoms with van der Waals surface area (Å²) in [6.07, 6.45) is 3.45. The quantitative estimate of drug-likeness (QED) is 0.246. The van der Waals surface area contributed by atoms with Crippen molar-refractivity contribution >= 4 is 23.9 Å². The molecule has 208 valence electrons. The van der Waals surface area contributed by atoms with Gasteiger partial charge in [-0.1, -0.05) is 53.5 Å². The molecule has 2 unspecified atom stereocenters. The topological polar surface area (TPSA) is 131 Å². The van der Waals surface area contributed by atoms with Gasteiger partial charge >= 0.3 is 23.9 Å². The van der Waals surface area contributed by atoms with Gasteiger partial charge in [-0.2, -0.15) is 0 Å². The first-order valence-corrected chi connectivity index (χ1v) is 13.2. The third-order valence-electron chi connectivity index (χ3n) is 5.68. The van der Waals surface area contributed by atoms with Crippen molar-refractivity contribution in [3.05, 3.63) is 23.8 Å². The third kappa shape index (κ3) is 11.8. The van der Waals surface area contributed by atoms with Crippen LogP contribution in [0.4, 0.5) is 0 Å². The summed E-state index contributed by atoms with van der Waals surface area (Å²) >= 11 is 0. The summed E-state index contributed by atoms with van der Waals surface area (Å²) in [4.78, 5) is 49.0. The SMILES string of the molecule is CCCC(=O)O[C@@H](C)COC(=O)[C@@H](N)Cc1ccc(OC(=O)C(C)CCC)c(OC(=O)C(C)CCC)c1. The van der Waals surface area contributed by atoms with Crippen molar-refractivity contribution in [2.45, 2.75) is 98.6 Å². The molecule has 1 rings (SSSR count). The van der Waals surface area contributed by atoms with Gasteiger partial charge in [0.25, 0.3) is 0 Å². The average Bonchev–Trinajstić information content (AvgIpc) is 2.84. The van der Waals surface area contributed by atoms with Crippen LogP contribution >= 0.6 is 0 Å². The second-order valence-electron chi connectivity index (χ2n) is 9.49. The lowest BCUT2D eigenvalue weighted by Crippen LogP contribution is -2.36. The van der Waals surface area contributed by atoms with E-state index in [9.17, 15) is 19.2 Å². The van der Waals surface area contributed by atoms with Crippen LogP contribution in [0.5, 0.6) is 11.5 Å². The molecule has 0 radical (unpaired) electrons. The monoisotopic (exact) mass is 521 g/mol. The van der Waals surface area contributed by atoms with Gasteiger partial charge in [0.15, 0.2) is 11.5 Å². The van der Waals surface area contributed by atoms with E-state index in [2.05, 4.69) is 0 Å². The van der Waals surface area contributed by atoms with Gasteiger partial charge in [0.2, 0.25) is 0 Å². The van der Waals surface area contributed by atoms with Crippen molar-refractivity contribution in [1.29, 1.82) is 0 Å². The maximum atomic E-state index is 12.6. The molecular weight excluding hydrogens is 478 g/mol. The highest BCUT2D eigenvalue weighted by atomic mass is 16.6. The van der Waals surface area contributed by atoms with Crippen molar-refractivity contribution in [1.82, 2.24) is 0 Å². The van der Waals surface area contributed by atoms with Crippen molar-refractivity contribution in [2.75, 3.05) is 6.61 Å². The van der Waals surface area contributed by atoms with Gasteiger partial charge in [0, 0.05) is 6.42 Å². The average molecular weight is 522 g/mol. The van der Waals surface area contributed by atoms with E-state index in [-0.39, 0.29) is 42.3 Å². The Labute approximate surface area is 220 Å². The second kappa shape index (κ2) is 16.7. The van der Waals surface area contributed by atoms with E-state index >= 15 is 0 Å². The van der Waals surface area contributed by atoms with E-state index in [0.29, 0.717) is 31.2 Å². The molecule has 4 atom stereocenters. The Bertz CT molecular complexity index is 900. The normalized spacial score (nSPS) is 14.1. The van der Waals surface area contributed by atoms with Crippen LogP contribution < -0.4 is 15.2 Å². The minimum absolute atomic E-state index is 0.0956. The van der Waals surface area contributed by atoms with E-state index in [1.807, 2.05) is 20.8 Å². The summed E-state index contributed by atoms with van der Waals surface area (Å²) in [5.41, 5.74) is 6.64. The van der Waals surface area contributed by atoms with E-state index in [4.69, 9.17) is 24.7 Å². The Balaban J connectivity index is 2.94. The Hall–Kier alpha value is -2.94. The first-order chi connectivity index (χ1) is 17.5. The third-order valence-corrected chi connectivity index (χ3v) is 5.68. The van der Waals surface area contributed by atoms with Crippen LogP contribution in [-0.2, 0) is 35.1 Å². The van der Waals surface area contributed by atoms with E-state index in [1.165, 1.54) is 6.07 Å². The van der Waals surface area contributed by atoms with Crippen molar-refractivity contribution in [3.8, 4) is 11.5 Å². The van der Waals surface area contributed by atoms with Crippen molar-refractivity contribution in [2.24, 2.45) is 17.6 Å². The number of hydrogen-bond donors (Lipinski definition) is 1. The van der Waals surface area contributed by atoms with Gasteiger partial charge in [0.05, 0.1) is 11.8 Å². The summed E-state index contributed by atoms with van der Waals surface area (Å²) in [5, 5.41) is 0. The molecule has 0 aliphatic carbocycles. The Morgan fingerprint density at radius 2 is 1.38 bits per heavy atom. The van der Waals surface area contributed by atoms with Crippen LogP contribution in [0.2, 0.25) is 0 Å². The highest BCUT2D eigenvalue weighted by Crippen LogP contribution is 2.31. The van der Waals surface area contributed by atoms with Crippen LogP contribution in [0.15, 0.2) is 18.2 Å². The van der Waals surface area contributed by atoms with Gasteiger partial charge < -0.3 is 24.7 Å². The van der Waals surface area contributed by atoms with Crippen LogP contribution in [-0.4, -0.2) is 42.6 Å². The number of nitrogens with two attached hydrogens (primary N) is 1. The van der Waals surface area contributed by atoms with E-state index in [0.717, 1.165) is 12.8 Å². The minimum Gasteiger partial charge on any atom is -0.461 e. The van der Waals surface area contributed by atoms with Gasteiger partial charge in [-0.25, -0.2) is 0 Å². The molecule has 0 aliphatic heterocycles. The van der Waals surface area contributed by atoms with Crippen LogP contribution in [0.25, 0.3) is 0 Å². The predicted molar refractivity (Wildman–Crippen MR) is 139 cm³/mol. The molecule has 0 spiro atoms. The maximum absolute atomic E-state index is 12.6. The molecule has 1 aromatic rings. The van der Waals surface area contributed by atoms with Crippen LogP contribution in [0.3, 0.4) is 0 Å². The lowest BCUT2D eigenvalue weighted by atomic mass is 10.0. The van der Waals surface area contributed by atoms with E-state index < -0.39 is 30.1 Å². The highest BCUT2D eigenvalue weighted by Gasteiger charge is 2.23. The van der Waals surface area contributed by atoms with Gasteiger partial charge in [-0.05, 0) is 50.3 Å². The fourth-order valence-electron chi connectivity index (χ4n) is 3.53. The molecule has 37 heavy (non-hydrogen) atoms. The fourth-order valence-corrected chi connectivity index (χ4v) is 3.53. The highest BCUT2D eigenvalue weighted by molar-refractivity contribution is 5.79. The summed E-state index contributed by atoms with van der Waals surface area (Å²) in [6.45, 7) is 10.9. The molecular formula is C28H43NO8.